The Morgan fingerprint density at radius 1 is 1.50 bits per heavy atom. The Morgan fingerprint density at radius 3 is 2.86 bits per heavy atom. The molecule has 1 aromatic heterocycles. The molecule has 0 saturated carbocycles. The molecule has 1 heterocycles. The molecule has 78 valence electrons. The van der Waals surface area contributed by atoms with E-state index in [1.807, 2.05) is 12.1 Å². The van der Waals surface area contributed by atoms with E-state index < -0.39 is 0 Å². The summed E-state index contributed by atoms with van der Waals surface area (Å²) in [4.78, 5) is 6.54. The van der Waals surface area contributed by atoms with Crippen LogP contribution in [0.3, 0.4) is 0 Å². The van der Waals surface area contributed by atoms with Gasteiger partial charge in [0, 0.05) is 25.8 Å². The molecule has 1 rings (SSSR count). The van der Waals surface area contributed by atoms with Gasteiger partial charge in [0.25, 0.3) is 0 Å². The molecule has 2 N–H and O–H groups in total. The molecule has 0 amide bonds. The summed E-state index contributed by atoms with van der Waals surface area (Å²) in [5.74, 6) is 0.986. The Hall–Kier alpha value is -0.610. The number of hydrogen-bond acceptors (Lipinski definition) is 3. The maximum Gasteiger partial charge on any atom is 0.142 e. The number of halogens is 1. The van der Waals surface area contributed by atoms with Crippen LogP contribution < -0.4 is 10.6 Å². The van der Waals surface area contributed by atoms with E-state index in [1.165, 1.54) is 0 Å². The van der Waals surface area contributed by atoms with Gasteiger partial charge in [-0.05, 0) is 34.5 Å². The molecule has 0 unspecified atom stereocenters. The number of pyridine rings is 1. The van der Waals surface area contributed by atoms with Crippen LogP contribution in [0.4, 0.5) is 5.82 Å². The molecule has 0 spiro atoms. The van der Waals surface area contributed by atoms with Gasteiger partial charge in [-0.25, -0.2) is 4.98 Å². The minimum absolute atomic E-state index is 0.656. The molecule has 4 heteroatoms. The molecule has 0 aromatic carbocycles. The van der Waals surface area contributed by atoms with Gasteiger partial charge in [-0.3, -0.25) is 0 Å². The van der Waals surface area contributed by atoms with Gasteiger partial charge in [0.1, 0.15) is 5.82 Å². The van der Waals surface area contributed by atoms with Crippen molar-refractivity contribution in [2.24, 2.45) is 5.73 Å². The second-order valence-corrected chi connectivity index (χ2v) is 3.94. The molecule has 0 aliphatic rings. The van der Waals surface area contributed by atoms with Crippen molar-refractivity contribution in [1.29, 1.82) is 0 Å². The van der Waals surface area contributed by atoms with Gasteiger partial charge in [-0.2, -0.15) is 0 Å². The van der Waals surface area contributed by atoms with Gasteiger partial charge in [-0.1, -0.05) is 6.92 Å². The maximum atomic E-state index is 5.56. The third kappa shape index (κ3) is 2.96. The fourth-order valence-electron chi connectivity index (χ4n) is 1.36. The summed E-state index contributed by atoms with van der Waals surface area (Å²) in [5.41, 5.74) is 5.56. The van der Waals surface area contributed by atoms with E-state index in [9.17, 15) is 0 Å². The predicted octanol–water partition coefficient (Wildman–Crippen LogP) is 2.02. The molecular formula is C10H16BrN3. The van der Waals surface area contributed by atoms with Crippen molar-refractivity contribution in [1.82, 2.24) is 4.98 Å². The van der Waals surface area contributed by atoms with E-state index in [2.05, 4.69) is 32.7 Å². The van der Waals surface area contributed by atoms with Gasteiger partial charge in [0.2, 0.25) is 0 Å². The van der Waals surface area contributed by atoms with Crippen LogP contribution in [0.5, 0.6) is 0 Å². The fraction of sp³-hybridized carbons (Fsp3) is 0.500. The van der Waals surface area contributed by atoms with Crippen LogP contribution in [-0.2, 0) is 0 Å². The van der Waals surface area contributed by atoms with Crippen molar-refractivity contribution >= 4 is 21.7 Å². The smallest absolute Gasteiger partial charge is 0.142 e. The standard InChI is InChI=1S/C10H16BrN3/c1-2-7-14(8-5-12)10-9(11)4-3-6-13-10/h3-4,6H,2,5,7-8,12H2,1H3. The second-order valence-electron chi connectivity index (χ2n) is 3.08. The van der Waals surface area contributed by atoms with Crippen LogP contribution in [-0.4, -0.2) is 24.6 Å². The Labute approximate surface area is 93.4 Å². The lowest BCUT2D eigenvalue weighted by Gasteiger charge is -2.23. The van der Waals surface area contributed by atoms with Gasteiger partial charge in [0.15, 0.2) is 0 Å². The highest BCUT2D eigenvalue weighted by atomic mass is 79.9. The average Bonchev–Trinajstić information content (AvgIpc) is 2.18. The van der Waals surface area contributed by atoms with Gasteiger partial charge in [0.05, 0.1) is 4.47 Å². The molecule has 0 fully saturated rings. The lowest BCUT2D eigenvalue weighted by molar-refractivity contribution is 0.749. The van der Waals surface area contributed by atoms with Gasteiger partial charge < -0.3 is 10.6 Å². The van der Waals surface area contributed by atoms with Crippen LogP contribution in [0.15, 0.2) is 22.8 Å². The Kier molecular flexibility index (Phi) is 4.90. The van der Waals surface area contributed by atoms with Gasteiger partial charge >= 0.3 is 0 Å². The highest BCUT2D eigenvalue weighted by molar-refractivity contribution is 9.10. The normalized spacial score (nSPS) is 10.2. The zero-order valence-corrected chi connectivity index (χ0v) is 10.00. The molecule has 0 aliphatic heterocycles. The largest absolute Gasteiger partial charge is 0.354 e. The van der Waals surface area contributed by atoms with Gasteiger partial charge in [-0.15, -0.1) is 0 Å². The van der Waals surface area contributed by atoms with Crippen LogP contribution in [0.2, 0.25) is 0 Å². The van der Waals surface area contributed by atoms with Crippen LogP contribution in [0.1, 0.15) is 13.3 Å². The van der Waals surface area contributed by atoms with Crippen LogP contribution in [0.25, 0.3) is 0 Å². The van der Waals surface area contributed by atoms with E-state index >= 15 is 0 Å². The van der Waals surface area contributed by atoms with E-state index in [4.69, 9.17) is 5.73 Å². The first-order valence-electron chi connectivity index (χ1n) is 4.85. The molecular weight excluding hydrogens is 242 g/mol. The number of anilines is 1. The lowest BCUT2D eigenvalue weighted by atomic mass is 10.3. The summed E-state index contributed by atoms with van der Waals surface area (Å²) in [6, 6.07) is 3.92. The first-order valence-corrected chi connectivity index (χ1v) is 5.64. The Morgan fingerprint density at radius 2 is 2.29 bits per heavy atom. The first kappa shape index (κ1) is 11.5. The summed E-state index contributed by atoms with van der Waals surface area (Å²) in [5, 5.41) is 0. The van der Waals surface area contributed by atoms with E-state index in [1.54, 1.807) is 6.20 Å². The van der Waals surface area contributed by atoms with Crippen molar-refractivity contribution in [2.75, 3.05) is 24.5 Å². The maximum absolute atomic E-state index is 5.56. The Balaban J connectivity index is 2.81. The number of rotatable bonds is 5. The third-order valence-electron chi connectivity index (χ3n) is 1.93. The lowest BCUT2D eigenvalue weighted by Crippen LogP contribution is -2.31. The monoisotopic (exact) mass is 257 g/mol. The van der Waals surface area contributed by atoms with Crippen LogP contribution >= 0.6 is 15.9 Å². The van der Waals surface area contributed by atoms with Crippen molar-refractivity contribution in [3.05, 3.63) is 22.8 Å². The molecule has 14 heavy (non-hydrogen) atoms. The van der Waals surface area contributed by atoms with E-state index in [0.29, 0.717) is 6.54 Å². The first-order chi connectivity index (χ1) is 6.79. The van der Waals surface area contributed by atoms with Crippen molar-refractivity contribution < 1.29 is 0 Å². The average molecular weight is 258 g/mol. The molecule has 0 aliphatic carbocycles. The predicted molar refractivity (Wildman–Crippen MR) is 63.5 cm³/mol. The number of nitrogens with zero attached hydrogens (tertiary/aromatic N) is 2. The zero-order chi connectivity index (χ0) is 10.4. The molecule has 0 saturated heterocycles. The number of hydrogen-bond donors (Lipinski definition) is 1. The molecule has 0 bridgehead atoms. The molecule has 0 atom stereocenters. The van der Waals surface area contributed by atoms with Crippen molar-refractivity contribution in [2.45, 2.75) is 13.3 Å². The molecule has 3 nitrogen and oxygen atoms in total. The van der Waals surface area contributed by atoms with Crippen molar-refractivity contribution in [3.8, 4) is 0 Å². The van der Waals surface area contributed by atoms with E-state index in [0.717, 1.165) is 29.8 Å². The summed E-state index contributed by atoms with van der Waals surface area (Å²) in [6.07, 6.45) is 2.91. The topological polar surface area (TPSA) is 42.1 Å². The minimum atomic E-state index is 0.656. The summed E-state index contributed by atoms with van der Waals surface area (Å²) >= 11 is 3.49. The SMILES string of the molecule is CCCN(CCN)c1ncccc1Br. The Bertz CT molecular complexity index is 272. The second kappa shape index (κ2) is 5.98. The fourth-order valence-corrected chi connectivity index (χ4v) is 1.87. The molecule has 1 aromatic rings. The summed E-state index contributed by atoms with van der Waals surface area (Å²) < 4.78 is 1.03. The van der Waals surface area contributed by atoms with Crippen LogP contribution in [0, 0.1) is 0 Å². The third-order valence-corrected chi connectivity index (χ3v) is 2.55. The summed E-state index contributed by atoms with van der Waals surface area (Å²) in [7, 11) is 0. The zero-order valence-electron chi connectivity index (χ0n) is 8.41. The highest BCUT2D eigenvalue weighted by Gasteiger charge is 2.08. The van der Waals surface area contributed by atoms with E-state index in [-0.39, 0.29) is 0 Å². The highest BCUT2D eigenvalue weighted by Crippen LogP contribution is 2.22. The van der Waals surface area contributed by atoms with Crippen molar-refractivity contribution in [3.63, 3.8) is 0 Å². The quantitative estimate of drug-likeness (QED) is 0.878. The molecule has 0 radical (unpaired) electrons. The summed E-state index contributed by atoms with van der Waals surface area (Å²) in [6.45, 7) is 4.65. The number of aromatic nitrogens is 1. The minimum Gasteiger partial charge on any atom is -0.354 e. The number of nitrogens with two attached hydrogens (primary N) is 1.